The second-order valence-corrected chi connectivity index (χ2v) is 4.37. The first-order valence-corrected chi connectivity index (χ1v) is 6.17. The van der Waals surface area contributed by atoms with Gasteiger partial charge in [0.2, 0.25) is 0 Å². The van der Waals surface area contributed by atoms with E-state index in [4.69, 9.17) is 4.74 Å². The van der Waals surface area contributed by atoms with Crippen LogP contribution in [0.25, 0.3) is 0 Å². The number of carbonyl (C=O) groups is 1. The Balaban J connectivity index is 2.09. The lowest BCUT2D eigenvalue weighted by Gasteiger charge is -2.06. The van der Waals surface area contributed by atoms with Gasteiger partial charge in [0.15, 0.2) is 0 Å². The van der Waals surface area contributed by atoms with Gasteiger partial charge in [-0.3, -0.25) is 0 Å². The molecule has 96 valence electrons. The first kappa shape index (κ1) is 13.1. The number of benzene rings is 2. The molecule has 0 saturated heterocycles. The van der Waals surface area contributed by atoms with E-state index < -0.39 is 5.97 Å². The predicted octanol–water partition coefficient (Wildman–Crippen LogP) is 3.68. The summed E-state index contributed by atoms with van der Waals surface area (Å²) in [6.07, 6.45) is 2.03. The lowest BCUT2D eigenvalue weighted by atomic mass is 10.0. The molecule has 0 aliphatic carbocycles. The van der Waals surface area contributed by atoms with Gasteiger partial charge in [-0.25, -0.2) is 4.79 Å². The summed E-state index contributed by atoms with van der Waals surface area (Å²) in [4.78, 5) is 11.1. The number of hydrogen-bond acceptors (Lipinski definition) is 2. The van der Waals surface area contributed by atoms with Crippen molar-refractivity contribution in [1.29, 1.82) is 0 Å². The Kier molecular flexibility index (Phi) is 4.14. The van der Waals surface area contributed by atoms with Crippen LogP contribution in [0, 0.1) is 6.92 Å². The molecule has 2 nitrogen and oxygen atoms in total. The third kappa shape index (κ3) is 3.55. The van der Waals surface area contributed by atoms with Gasteiger partial charge in [0.1, 0.15) is 5.75 Å². The van der Waals surface area contributed by atoms with Gasteiger partial charge >= 0.3 is 5.97 Å². The molecule has 0 fully saturated rings. The second-order valence-electron chi connectivity index (χ2n) is 4.37. The first-order valence-electron chi connectivity index (χ1n) is 6.17. The molecule has 0 unspecified atom stereocenters. The van der Waals surface area contributed by atoms with E-state index in [0.717, 1.165) is 12.5 Å². The molecule has 0 radical (unpaired) electrons. The minimum atomic E-state index is -0.438. The summed E-state index contributed by atoms with van der Waals surface area (Å²) >= 11 is 0. The lowest BCUT2D eigenvalue weighted by Crippen LogP contribution is -2.02. The van der Waals surface area contributed by atoms with E-state index in [2.05, 4.69) is 25.6 Å². The third-order valence-corrected chi connectivity index (χ3v) is 2.96. The Morgan fingerprint density at radius 3 is 2.47 bits per heavy atom. The van der Waals surface area contributed by atoms with Crippen molar-refractivity contribution in [3.05, 3.63) is 77.9 Å². The molecule has 2 aromatic rings. The average molecular weight is 252 g/mol. The highest BCUT2D eigenvalue weighted by Gasteiger charge is 2.02. The summed E-state index contributed by atoms with van der Waals surface area (Å²) in [5.74, 6) is 0.102. The van der Waals surface area contributed by atoms with Crippen LogP contribution in [0.1, 0.15) is 16.7 Å². The highest BCUT2D eigenvalue weighted by atomic mass is 16.5. The van der Waals surface area contributed by atoms with Crippen LogP contribution in [0.15, 0.2) is 61.2 Å². The molecule has 0 N–H and O–H groups in total. The van der Waals surface area contributed by atoms with Crippen LogP contribution < -0.4 is 4.74 Å². The molecule has 0 saturated carbocycles. The van der Waals surface area contributed by atoms with Gasteiger partial charge in [-0.2, -0.15) is 0 Å². The summed E-state index contributed by atoms with van der Waals surface area (Å²) < 4.78 is 5.04. The molecule has 0 amide bonds. The number of ether oxygens (including phenoxy) is 1. The standard InChI is InChI=1S/C17H16O2/c1-3-17(18)19-16-10-8-14(9-11-16)12-15-7-5-4-6-13(15)2/h3-11H,1,12H2,2H3. The van der Waals surface area contributed by atoms with Crippen LogP contribution in [0.3, 0.4) is 0 Å². The molecular weight excluding hydrogens is 236 g/mol. The highest BCUT2D eigenvalue weighted by Crippen LogP contribution is 2.17. The minimum absolute atomic E-state index is 0.438. The van der Waals surface area contributed by atoms with Crippen LogP contribution >= 0.6 is 0 Å². The van der Waals surface area contributed by atoms with Crippen LogP contribution in [0.2, 0.25) is 0 Å². The Labute approximate surface area is 113 Å². The Morgan fingerprint density at radius 2 is 1.84 bits per heavy atom. The topological polar surface area (TPSA) is 26.3 Å². The normalized spacial score (nSPS) is 9.95. The SMILES string of the molecule is C=CC(=O)Oc1ccc(Cc2ccccc2C)cc1. The van der Waals surface area contributed by atoms with Crippen molar-refractivity contribution in [2.24, 2.45) is 0 Å². The fourth-order valence-corrected chi connectivity index (χ4v) is 1.86. The van der Waals surface area contributed by atoms with Crippen molar-refractivity contribution in [2.75, 3.05) is 0 Å². The van der Waals surface area contributed by atoms with Crippen molar-refractivity contribution in [3.63, 3.8) is 0 Å². The van der Waals surface area contributed by atoms with E-state index in [9.17, 15) is 4.79 Å². The maximum Gasteiger partial charge on any atom is 0.335 e. The third-order valence-electron chi connectivity index (χ3n) is 2.96. The van der Waals surface area contributed by atoms with E-state index in [0.29, 0.717) is 5.75 Å². The quantitative estimate of drug-likeness (QED) is 0.471. The van der Waals surface area contributed by atoms with E-state index in [1.807, 2.05) is 24.3 Å². The van der Waals surface area contributed by atoms with E-state index in [1.165, 1.54) is 16.7 Å². The number of esters is 1. The number of hydrogen-bond donors (Lipinski definition) is 0. The van der Waals surface area contributed by atoms with E-state index in [1.54, 1.807) is 12.1 Å². The fraction of sp³-hybridized carbons (Fsp3) is 0.118. The van der Waals surface area contributed by atoms with Gasteiger partial charge in [-0.05, 0) is 42.2 Å². The minimum Gasteiger partial charge on any atom is -0.423 e. The molecular formula is C17H16O2. The molecule has 0 heterocycles. The molecule has 0 aliphatic heterocycles. The van der Waals surface area contributed by atoms with Crippen molar-refractivity contribution in [2.45, 2.75) is 13.3 Å². The number of aryl methyl sites for hydroxylation is 1. The number of carbonyl (C=O) groups excluding carboxylic acids is 1. The molecule has 2 heteroatoms. The summed E-state index contributed by atoms with van der Waals surface area (Å²) in [5.41, 5.74) is 3.77. The second kappa shape index (κ2) is 6.01. The van der Waals surface area contributed by atoms with Crippen LogP contribution in [-0.4, -0.2) is 5.97 Å². The summed E-state index contributed by atoms with van der Waals surface area (Å²) in [6, 6.07) is 15.9. The molecule has 0 atom stereocenters. The van der Waals surface area contributed by atoms with Crippen LogP contribution in [0.5, 0.6) is 5.75 Å². The van der Waals surface area contributed by atoms with Gasteiger partial charge in [0.05, 0.1) is 0 Å². The molecule has 0 spiro atoms. The average Bonchev–Trinajstić information content (AvgIpc) is 2.43. The molecule has 0 bridgehead atoms. The zero-order valence-electron chi connectivity index (χ0n) is 10.9. The van der Waals surface area contributed by atoms with Crippen molar-refractivity contribution < 1.29 is 9.53 Å². The van der Waals surface area contributed by atoms with Gasteiger partial charge in [0.25, 0.3) is 0 Å². The first-order chi connectivity index (χ1) is 9.19. The van der Waals surface area contributed by atoms with E-state index in [-0.39, 0.29) is 0 Å². The Hall–Kier alpha value is -2.35. The predicted molar refractivity (Wildman–Crippen MR) is 76.3 cm³/mol. The largest absolute Gasteiger partial charge is 0.423 e. The van der Waals surface area contributed by atoms with Crippen molar-refractivity contribution in [1.82, 2.24) is 0 Å². The van der Waals surface area contributed by atoms with Crippen molar-refractivity contribution in [3.8, 4) is 5.75 Å². The summed E-state index contributed by atoms with van der Waals surface area (Å²) in [6.45, 7) is 5.47. The number of rotatable bonds is 4. The molecule has 19 heavy (non-hydrogen) atoms. The maximum absolute atomic E-state index is 11.1. The zero-order valence-corrected chi connectivity index (χ0v) is 10.9. The molecule has 2 rings (SSSR count). The summed E-state index contributed by atoms with van der Waals surface area (Å²) in [5, 5.41) is 0. The molecule has 0 aliphatic rings. The van der Waals surface area contributed by atoms with Crippen LogP contribution in [0.4, 0.5) is 0 Å². The van der Waals surface area contributed by atoms with Gasteiger partial charge in [0, 0.05) is 6.08 Å². The molecule has 0 aromatic heterocycles. The lowest BCUT2D eigenvalue weighted by molar-refractivity contribution is -0.128. The zero-order chi connectivity index (χ0) is 13.7. The van der Waals surface area contributed by atoms with Crippen LogP contribution in [-0.2, 0) is 11.2 Å². The van der Waals surface area contributed by atoms with Gasteiger partial charge < -0.3 is 4.74 Å². The smallest absolute Gasteiger partial charge is 0.335 e. The van der Waals surface area contributed by atoms with Gasteiger partial charge in [-0.15, -0.1) is 0 Å². The van der Waals surface area contributed by atoms with Crippen molar-refractivity contribution >= 4 is 5.97 Å². The highest BCUT2D eigenvalue weighted by molar-refractivity contribution is 5.83. The van der Waals surface area contributed by atoms with Gasteiger partial charge in [-0.1, -0.05) is 43.0 Å². The Bertz CT molecular complexity index is 582. The molecule has 2 aromatic carbocycles. The monoisotopic (exact) mass is 252 g/mol. The fourth-order valence-electron chi connectivity index (χ4n) is 1.86. The summed E-state index contributed by atoms with van der Waals surface area (Å²) in [7, 11) is 0. The Morgan fingerprint density at radius 1 is 1.16 bits per heavy atom. The van der Waals surface area contributed by atoms with E-state index >= 15 is 0 Å². The maximum atomic E-state index is 11.1.